The second-order valence-corrected chi connectivity index (χ2v) is 8.98. The van der Waals surface area contributed by atoms with Gasteiger partial charge in [0.2, 0.25) is 0 Å². The summed E-state index contributed by atoms with van der Waals surface area (Å²) < 4.78 is 12.4. The molecule has 1 N–H and O–H groups in total. The van der Waals surface area contributed by atoms with E-state index >= 15 is 0 Å². The zero-order valence-corrected chi connectivity index (χ0v) is 19.5. The van der Waals surface area contributed by atoms with Crippen LogP contribution in [0.3, 0.4) is 0 Å². The molecule has 36 heavy (non-hydrogen) atoms. The first-order valence-electron chi connectivity index (χ1n) is 11.7. The first kappa shape index (κ1) is 22.2. The van der Waals surface area contributed by atoms with Crippen molar-refractivity contribution in [1.82, 2.24) is 9.55 Å². The molecular formula is C28H22N2O6. The normalized spacial score (nSPS) is 17.8. The summed E-state index contributed by atoms with van der Waals surface area (Å²) in [5.41, 5.74) is 2.03. The fourth-order valence-corrected chi connectivity index (χ4v) is 5.07. The number of aromatic nitrogens is 2. The van der Waals surface area contributed by atoms with Crippen LogP contribution in [0.2, 0.25) is 0 Å². The number of ether oxygens (including phenoxy) is 2. The van der Waals surface area contributed by atoms with Gasteiger partial charge in [0, 0.05) is 22.1 Å². The summed E-state index contributed by atoms with van der Waals surface area (Å²) in [6, 6.07) is 17.9. The zero-order chi connectivity index (χ0) is 25.0. The van der Waals surface area contributed by atoms with Crippen LogP contribution in [-0.4, -0.2) is 26.6 Å². The fraction of sp³-hybridized carbons (Fsp3) is 0.214. The summed E-state index contributed by atoms with van der Waals surface area (Å²) in [7, 11) is 0. The van der Waals surface area contributed by atoms with E-state index in [1.807, 2.05) is 30.3 Å². The Morgan fingerprint density at radius 1 is 1.11 bits per heavy atom. The van der Waals surface area contributed by atoms with E-state index in [0.717, 1.165) is 16.5 Å². The van der Waals surface area contributed by atoms with Gasteiger partial charge >= 0.3 is 11.9 Å². The first-order chi connectivity index (χ1) is 17.4. The molecule has 1 atom stereocenters. The number of carbonyl (C=O) groups excluding carboxylic acids is 2. The Morgan fingerprint density at radius 2 is 1.86 bits per heavy atom. The van der Waals surface area contributed by atoms with Gasteiger partial charge in [0.25, 0.3) is 5.56 Å². The molecule has 0 unspecified atom stereocenters. The third kappa shape index (κ3) is 3.18. The van der Waals surface area contributed by atoms with Gasteiger partial charge in [0.1, 0.15) is 13.2 Å². The molecule has 8 heteroatoms. The molecule has 0 fully saturated rings. The second kappa shape index (κ2) is 8.13. The summed E-state index contributed by atoms with van der Waals surface area (Å²) in [4.78, 5) is 43.4. The lowest BCUT2D eigenvalue weighted by Gasteiger charge is -2.31. The van der Waals surface area contributed by atoms with Gasteiger partial charge in [-0.25, -0.2) is 14.6 Å². The number of carbonyl (C=O) groups is 2. The van der Waals surface area contributed by atoms with Gasteiger partial charge in [-0.15, -0.1) is 0 Å². The van der Waals surface area contributed by atoms with Crippen LogP contribution < -0.4 is 5.56 Å². The van der Waals surface area contributed by atoms with Gasteiger partial charge in [0.05, 0.1) is 34.6 Å². The largest absolute Gasteiger partial charge is 0.458 e. The topological polar surface area (TPSA) is 108 Å². The molecule has 2 aromatic heterocycles. The van der Waals surface area contributed by atoms with Crippen molar-refractivity contribution in [2.45, 2.75) is 38.7 Å². The Hall–Kier alpha value is -4.30. The van der Waals surface area contributed by atoms with E-state index in [2.05, 4.69) is 0 Å². The molecule has 4 aromatic rings. The molecule has 2 aromatic carbocycles. The molecule has 0 spiro atoms. The van der Waals surface area contributed by atoms with Gasteiger partial charge in [-0.2, -0.15) is 0 Å². The number of fused-ring (bicyclic) bond motifs is 5. The van der Waals surface area contributed by atoms with Crippen LogP contribution in [-0.2, 0) is 39.6 Å². The Kier molecular flexibility index (Phi) is 5.01. The highest BCUT2D eigenvalue weighted by Gasteiger charge is 2.45. The van der Waals surface area contributed by atoms with E-state index in [0.29, 0.717) is 22.5 Å². The van der Waals surface area contributed by atoms with E-state index in [4.69, 9.17) is 14.5 Å². The van der Waals surface area contributed by atoms with Crippen LogP contribution in [0.4, 0.5) is 0 Å². The Morgan fingerprint density at radius 3 is 2.64 bits per heavy atom. The molecule has 2 aliphatic heterocycles. The molecule has 0 amide bonds. The van der Waals surface area contributed by atoms with Crippen LogP contribution in [0.25, 0.3) is 22.3 Å². The van der Waals surface area contributed by atoms with Crippen LogP contribution in [0.15, 0.2) is 65.5 Å². The van der Waals surface area contributed by atoms with Gasteiger partial charge in [-0.3, -0.25) is 4.79 Å². The van der Waals surface area contributed by atoms with Gasteiger partial charge in [-0.05, 0) is 30.7 Å². The minimum absolute atomic E-state index is 0.00203. The third-order valence-corrected chi connectivity index (χ3v) is 7.07. The molecule has 0 aliphatic carbocycles. The highest BCUT2D eigenvalue weighted by atomic mass is 16.6. The third-order valence-electron chi connectivity index (χ3n) is 7.07. The number of esters is 2. The lowest BCUT2D eigenvalue weighted by atomic mass is 9.86. The smallest absolute Gasteiger partial charge is 0.343 e. The number of hydrogen-bond donors (Lipinski definition) is 1. The average Bonchev–Trinajstić information content (AvgIpc) is 3.28. The number of rotatable bonds is 4. The summed E-state index contributed by atoms with van der Waals surface area (Å²) in [5.74, 6) is -1.21. The van der Waals surface area contributed by atoms with E-state index in [-0.39, 0.29) is 42.9 Å². The van der Waals surface area contributed by atoms with Crippen molar-refractivity contribution in [3.05, 3.63) is 98.8 Å². The van der Waals surface area contributed by atoms with Crippen LogP contribution >= 0.6 is 0 Å². The standard InChI is InChI=1S/C28H22N2O6/c1-2-28(34)21-12-23-24-18(13-30(23)25(31)20(21)15-36-27(28)33)19(17-10-6-7-11-22(17)29-24)14-35-26(32)16-8-4-3-5-9-16/h3-12,34H,2,13-15H2,1H3/t28-/m0/s1. The quantitative estimate of drug-likeness (QED) is 0.391. The lowest BCUT2D eigenvalue weighted by molar-refractivity contribution is -0.172. The Labute approximate surface area is 205 Å². The van der Waals surface area contributed by atoms with Crippen molar-refractivity contribution in [2.75, 3.05) is 0 Å². The van der Waals surface area contributed by atoms with Crippen molar-refractivity contribution in [3.8, 4) is 11.4 Å². The molecular weight excluding hydrogens is 460 g/mol. The fourth-order valence-electron chi connectivity index (χ4n) is 5.07. The maximum atomic E-state index is 13.5. The zero-order valence-electron chi connectivity index (χ0n) is 19.5. The van der Waals surface area contributed by atoms with E-state index in [1.165, 1.54) is 0 Å². The number of pyridine rings is 2. The molecule has 8 nitrogen and oxygen atoms in total. The van der Waals surface area contributed by atoms with Crippen LogP contribution in [0.5, 0.6) is 0 Å². The molecule has 4 heterocycles. The maximum absolute atomic E-state index is 13.5. The van der Waals surface area contributed by atoms with Crippen LogP contribution in [0.1, 0.15) is 46.0 Å². The molecule has 0 radical (unpaired) electrons. The summed E-state index contributed by atoms with van der Waals surface area (Å²) in [6.45, 7) is 1.70. The van der Waals surface area contributed by atoms with Crippen molar-refractivity contribution in [3.63, 3.8) is 0 Å². The highest BCUT2D eigenvalue weighted by Crippen LogP contribution is 2.40. The predicted molar refractivity (Wildman–Crippen MR) is 130 cm³/mol. The number of cyclic esters (lactones) is 1. The van der Waals surface area contributed by atoms with Gasteiger partial charge < -0.3 is 19.1 Å². The molecule has 0 saturated carbocycles. The number of hydrogen-bond acceptors (Lipinski definition) is 7. The summed E-state index contributed by atoms with van der Waals surface area (Å²) in [6.07, 6.45) is 0.0699. The minimum Gasteiger partial charge on any atom is -0.458 e. The number of nitrogens with zero attached hydrogens (tertiary/aromatic N) is 2. The molecule has 0 bridgehead atoms. The maximum Gasteiger partial charge on any atom is 0.343 e. The summed E-state index contributed by atoms with van der Waals surface area (Å²) >= 11 is 0. The molecule has 0 saturated heterocycles. The van der Waals surface area contributed by atoms with Gasteiger partial charge in [-0.1, -0.05) is 43.3 Å². The predicted octanol–water partition coefficient (Wildman–Crippen LogP) is 3.44. The number of para-hydroxylation sites is 1. The van der Waals surface area contributed by atoms with Gasteiger partial charge in [0.15, 0.2) is 5.60 Å². The van der Waals surface area contributed by atoms with Crippen molar-refractivity contribution < 1.29 is 24.2 Å². The van der Waals surface area contributed by atoms with E-state index < -0.39 is 17.5 Å². The monoisotopic (exact) mass is 482 g/mol. The summed E-state index contributed by atoms with van der Waals surface area (Å²) in [5, 5.41) is 11.9. The van der Waals surface area contributed by atoms with Crippen LogP contribution in [0, 0.1) is 0 Å². The molecule has 2 aliphatic rings. The lowest BCUT2D eigenvalue weighted by Crippen LogP contribution is -2.44. The average molecular weight is 482 g/mol. The van der Waals surface area contributed by atoms with E-state index in [9.17, 15) is 19.5 Å². The van der Waals surface area contributed by atoms with Crippen molar-refractivity contribution >= 4 is 22.8 Å². The number of benzene rings is 2. The second-order valence-electron chi connectivity index (χ2n) is 8.98. The van der Waals surface area contributed by atoms with E-state index in [1.54, 1.807) is 41.8 Å². The minimum atomic E-state index is -1.89. The SMILES string of the molecule is CC[C@@]1(O)C(=O)OCc2c1cc1n(c2=O)Cc2c-1nc1ccccc1c2COC(=O)c1ccccc1. The number of aliphatic hydroxyl groups is 1. The first-order valence-corrected chi connectivity index (χ1v) is 11.7. The Balaban J connectivity index is 1.50. The molecule has 180 valence electrons. The highest BCUT2D eigenvalue weighted by molar-refractivity contribution is 5.91. The van der Waals surface area contributed by atoms with Crippen molar-refractivity contribution in [2.24, 2.45) is 0 Å². The van der Waals surface area contributed by atoms with Crippen molar-refractivity contribution in [1.29, 1.82) is 0 Å². The molecule has 6 rings (SSSR count). The Bertz CT molecular complexity index is 1630.